The van der Waals surface area contributed by atoms with Gasteiger partial charge in [-0.25, -0.2) is 8.42 Å². The summed E-state index contributed by atoms with van der Waals surface area (Å²) < 4.78 is 27.6. The standard InChI is InChI=1S/C15H17ClN2O2S/c1-9-6-10(2)15(11(3)7-9)18-21(19,20)14-5-4-12(17)8-13(14)16/h4-8,18H,17H2,1-3H3. The van der Waals surface area contributed by atoms with Gasteiger partial charge in [-0.1, -0.05) is 29.3 Å². The van der Waals surface area contributed by atoms with Crippen molar-refractivity contribution < 1.29 is 8.42 Å². The minimum atomic E-state index is -3.76. The number of nitrogen functional groups attached to an aromatic ring is 1. The molecule has 2 aromatic rings. The third kappa shape index (κ3) is 3.31. The van der Waals surface area contributed by atoms with Gasteiger partial charge in [0.15, 0.2) is 0 Å². The number of benzene rings is 2. The average molecular weight is 325 g/mol. The van der Waals surface area contributed by atoms with Crippen molar-refractivity contribution in [3.63, 3.8) is 0 Å². The fourth-order valence-corrected chi connectivity index (χ4v) is 4.02. The molecule has 0 aliphatic heterocycles. The molecule has 0 amide bonds. The summed E-state index contributed by atoms with van der Waals surface area (Å²) in [4.78, 5) is 0.0118. The van der Waals surface area contributed by atoms with Crippen molar-refractivity contribution in [2.24, 2.45) is 0 Å². The van der Waals surface area contributed by atoms with Crippen LogP contribution in [0.2, 0.25) is 5.02 Å². The summed E-state index contributed by atoms with van der Waals surface area (Å²) in [6, 6.07) is 8.18. The van der Waals surface area contributed by atoms with Gasteiger partial charge in [0.05, 0.1) is 10.7 Å². The number of rotatable bonds is 3. The second-order valence-electron chi connectivity index (χ2n) is 5.07. The van der Waals surface area contributed by atoms with Crippen LogP contribution >= 0.6 is 11.6 Å². The van der Waals surface area contributed by atoms with Crippen LogP contribution in [0.4, 0.5) is 11.4 Å². The Morgan fingerprint density at radius 3 is 2.14 bits per heavy atom. The van der Waals surface area contributed by atoms with E-state index in [1.54, 1.807) is 0 Å². The van der Waals surface area contributed by atoms with Crippen LogP contribution in [0.1, 0.15) is 16.7 Å². The van der Waals surface area contributed by atoms with Gasteiger partial charge in [0.1, 0.15) is 4.90 Å². The molecule has 0 aromatic heterocycles. The maximum absolute atomic E-state index is 12.5. The number of hydrogen-bond acceptors (Lipinski definition) is 3. The van der Waals surface area contributed by atoms with Crippen molar-refractivity contribution in [1.29, 1.82) is 0 Å². The number of sulfonamides is 1. The average Bonchev–Trinajstić information content (AvgIpc) is 2.33. The molecule has 0 aliphatic carbocycles. The van der Waals surface area contributed by atoms with Crippen molar-refractivity contribution in [2.45, 2.75) is 25.7 Å². The van der Waals surface area contributed by atoms with Crippen LogP contribution in [0.15, 0.2) is 35.2 Å². The van der Waals surface area contributed by atoms with Crippen molar-refractivity contribution in [2.75, 3.05) is 10.5 Å². The lowest BCUT2D eigenvalue weighted by molar-refractivity contribution is 0.601. The predicted octanol–water partition coefficient (Wildman–Crippen LogP) is 3.65. The first-order valence-corrected chi connectivity index (χ1v) is 8.22. The predicted molar refractivity (Wildman–Crippen MR) is 87.3 cm³/mol. The molecule has 2 rings (SSSR count). The van der Waals surface area contributed by atoms with E-state index >= 15 is 0 Å². The Kier molecular flexibility index (Phi) is 4.16. The van der Waals surface area contributed by atoms with Gasteiger partial charge in [0, 0.05) is 5.69 Å². The van der Waals surface area contributed by atoms with Crippen LogP contribution in [0.25, 0.3) is 0 Å². The van der Waals surface area contributed by atoms with Crippen LogP contribution in [0, 0.1) is 20.8 Å². The van der Waals surface area contributed by atoms with Crippen molar-refractivity contribution in [1.82, 2.24) is 0 Å². The van der Waals surface area contributed by atoms with E-state index in [4.69, 9.17) is 17.3 Å². The first-order chi connectivity index (χ1) is 9.70. The molecule has 0 fully saturated rings. The van der Waals surface area contributed by atoms with Crippen molar-refractivity contribution in [3.8, 4) is 0 Å². The summed E-state index contributed by atoms with van der Waals surface area (Å²) in [5, 5.41) is 0.102. The molecule has 0 radical (unpaired) electrons. The summed E-state index contributed by atoms with van der Waals surface area (Å²) in [6.45, 7) is 5.69. The smallest absolute Gasteiger partial charge is 0.263 e. The molecule has 112 valence electrons. The van der Waals surface area contributed by atoms with Crippen molar-refractivity contribution in [3.05, 3.63) is 52.0 Å². The second kappa shape index (κ2) is 5.58. The zero-order chi connectivity index (χ0) is 15.8. The maximum Gasteiger partial charge on any atom is 0.263 e. The number of aryl methyl sites for hydroxylation is 3. The third-order valence-electron chi connectivity index (χ3n) is 3.16. The summed E-state index contributed by atoms with van der Waals surface area (Å²) >= 11 is 5.99. The molecule has 2 aromatic carbocycles. The largest absolute Gasteiger partial charge is 0.399 e. The van der Waals surface area contributed by atoms with Gasteiger partial charge in [-0.3, -0.25) is 4.72 Å². The molecule has 0 unspecified atom stereocenters. The number of anilines is 2. The first kappa shape index (κ1) is 15.7. The van der Waals surface area contributed by atoms with Gasteiger partial charge < -0.3 is 5.73 Å². The maximum atomic E-state index is 12.5. The number of halogens is 1. The minimum absolute atomic E-state index is 0.0118. The molecule has 6 heteroatoms. The Balaban J connectivity index is 2.47. The monoisotopic (exact) mass is 324 g/mol. The van der Waals surface area contributed by atoms with Gasteiger partial charge in [0.2, 0.25) is 0 Å². The summed E-state index contributed by atoms with van der Waals surface area (Å²) in [6.07, 6.45) is 0. The van der Waals surface area contributed by atoms with Gasteiger partial charge >= 0.3 is 0 Å². The van der Waals surface area contributed by atoms with Crippen LogP contribution in [0.5, 0.6) is 0 Å². The quantitative estimate of drug-likeness (QED) is 0.846. The van der Waals surface area contributed by atoms with E-state index in [9.17, 15) is 8.42 Å². The molecule has 21 heavy (non-hydrogen) atoms. The SMILES string of the molecule is Cc1cc(C)c(NS(=O)(=O)c2ccc(N)cc2Cl)c(C)c1. The highest BCUT2D eigenvalue weighted by atomic mass is 35.5. The Labute approximate surface area is 130 Å². The molecular formula is C15H17ClN2O2S. The van der Waals surface area contributed by atoms with E-state index in [0.717, 1.165) is 16.7 Å². The number of hydrogen-bond donors (Lipinski definition) is 2. The first-order valence-electron chi connectivity index (χ1n) is 6.36. The van der Waals surface area contributed by atoms with Crippen LogP contribution in [-0.2, 0) is 10.0 Å². The molecule has 0 spiro atoms. The Morgan fingerprint density at radius 1 is 1.05 bits per heavy atom. The fraction of sp³-hybridized carbons (Fsp3) is 0.200. The lowest BCUT2D eigenvalue weighted by Crippen LogP contribution is -2.15. The van der Waals surface area contributed by atoms with E-state index in [1.807, 2.05) is 32.9 Å². The van der Waals surface area contributed by atoms with E-state index in [2.05, 4.69) is 4.72 Å². The summed E-state index contributed by atoms with van der Waals surface area (Å²) in [7, 11) is -3.76. The lowest BCUT2D eigenvalue weighted by atomic mass is 10.1. The molecule has 0 atom stereocenters. The fourth-order valence-electron chi connectivity index (χ4n) is 2.27. The zero-order valence-electron chi connectivity index (χ0n) is 12.1. The molecular weight excluding hydrogens is 308 g/mol. The Morgan fingerprint density at radius 2 is 1.62 bits per heavy atom. The third-order valence-corrected chi connectivity index (χ3v) is 4.99. The topological polar surface area (TPSA) is 72.2 Å². The van der Waals surface area contributed by atoms with Crippen molar-refractivity contribution >= 4 is 33.0 Å². The highest BCUT2D eigenvalue weighted by molar-refractivity contribution is 7.92. The summed E-state index contributed by atoms with van der Waals surface area (Å²) in [5.41, 5.74) is 9.39. The highest BCUT2D eigenvalue weighted by Crippen LogP contribution is 2.28. The van der Waals surface area contributed by atoms with E-state index in [-0.39, 0.29) is 9.92 Å². The molecule has 0 saturated heterocycles. The number of nitrogens with one attached hydrogen (secondary N) is 1. The minimum Gasteiger partial charge on any atom is -0.399 e. The Hall–Kier alpha value is -1.72. The lowest BCUT2D eigenvalue weighted by Gasteiger charge is -2.15. The van der Waals surface area contributed by atoms with Gasteiger partial charge in [-0.15, -0.1) is 0 Å². The van der Waals surface area contributed by atoms with Gasteiger partial charge in [0.25, 0.3) is 10.0 Å². The molecule has 4 nitrogen and oxygen atoms in total. The number of nitrogens with two attached hydrogens (primary N) is 1. The van der Waals surface area contributed by atoms with Crippen LogP contribution < -0.4 is 10.5 Å². The molecule has 0 aliphatic rings. The van der Waals surface area contributed by atoms with Gasteiger partial charge in [-0.2, -0.15) is 0 Å². The second-order valence-corrected chi connectivity index (χ2v) is 7.13. The molecule has 0 bridgehead atoms. The van der Waals surface area contributed by atoms with E-state index in [1.165, 1.54) is 18.2 Å². The highest BCUT2D eigenvalue weighted by Gasteiger charge is 2.20. The van der Waals surface area contributed by atoms with E-state index in [0.29, 0.717) is 11.4 Å². The van der Waals surface area contributed by atoms with Crippen LogP contribution in [0.3, 0.4) is 0 Å². The molecule has 3 N–H and O–H groups in total. The van der Waals surface area contributed by atoms with Gasteiger partial charge in [-0.05, 0) is 50.1 Å². The van der Waals surface area contributed by atoms with E-state index < -0.39 is 10.0 Å². The zero-order valence-corrected chi connectivity index (χ0v) is 13.6. The molecule has 0 saturated carbocycles. The molecule has 0 heterocycles. The normalized spacial score (nSPS) is 11.4. The summed E-state index contributed by atoms with van der Waals surface area (Å²) in [5.74, 6) is 0. The van der Waals surface area contributed by atoms with Crippen LogP contribution in [-0.4, -0.2) is 8.42 Å². The Bertz CT molecular complexity index is 778.